The normalized spacial score (nSPS) is 12.6. The van der Waals surface area contributed by atoms with Gasteiger partial charge in [-0.25, -0.2) is 9.37 Å². The molecular formula is C14H17FN2S. The van der Waals surface area contributed by atoms with Gasteiger partial charge in [-0.3, -0.25) is 0 Å². The second kappa shape index (κ2) is 6.07. The monoisotopic (exact) mass is 264 g/mol. The average molecular weight is 264 g/mol. The Kier molecular flexibility index (Phi) is 4.44. The Hall–Kier alpha value is -1.26. The fourth-order valence-corrected chi connectivity index (χ4v) is 2.54. The Labute approximate surface area is 111 Å². The van der Waals surface area contributed by atoms with Crippen LogP contribution in [0, 0.1) is 5.82 Å². The molecular weight excluding hydrogens is 247 g/mol. The second-order valence-corrected chi connectivity index (χ2v) is 5.43. The first kappa shape index (κ1) is 13.2. The van der Waals surface area contributed by atoms with E-state index < -0.39 is 0 Å². The minimum absolute atomic E-state index is 0.120. The van der Waals surface area contributed by atoms with Gasteiger partial charge in [-0.1, -0.05) is 19.1 Å². The molecule has 0 aliphatic rings. The van der Waals surface area contributed by atoms with Gasteiger partial charge in [0.2, 0.25) is 0 Å². The summed E-state index contributed by atoms with van der Waals surface area (Å²) in [6.07, 6.45) is 2.95. The van der Waals surface area contributed by atoms with Crippen molar-refractivity contribution >= 4 is 11.3 Å². The molecule has 0 amide bonds. The molecule has 2 nitrogen and oxygen atoms in total. The van der Waals surface area contributed by atoms with Crippen LogP contribution in [-0.2, 0) is 13.0 Å². The van der Waals surface area contributed by atoms with E-state index in [0.29, 0.717) is 0 Å². The van der Waals surface area contributed by atoms with Gasteiger partial charge in [0, 0.05) is 23.7 Å². The lowest BCUT2D eigenvalue weighted by atomic mass is 10.1. The van der Waals surface area contributed by atoms with Crippen molar-refractivity contribution in [2.45, 2.75) is 32.9 Å². The Bertz CT molecular complexity index is 510. The quantitative estimate of drug-likeness (QED) is 0.890. The highest BCUT2D eigenvalue weighted by molar-refractivity contribution is 7.11. The predicted octanol–water partition coefficient (Wildman–Crippen LogP) is 3.70. The maximum absolute atomic E-state index is 13.1. The summed E-state index contributed by atoms with van der Waals surface area (Å²) >= 11 is 1.73. The molecule has 18 heavy (non-hydrogen) atoms. The minimum Gasteiger partial charge on any atom is -0.304 e. The van der Waals surface area contributed by atoms with Crippen molar-refractivity contribution in [3.8, 4) is 0 Å². The molecule has 0 radical (unpaired) electrons. The number of hydrogen-bond acceptors (Lipinski definition) is 3. The van der Waals surface area contributed by atoms with Crippen molar-refractivity contribution in [1.82, 2.24) is 10.3 Å². The minimum atomic E-state index is -0.191. The molecule has 0 aliphatic heterocycles. The molecule has 1 heterocycles. The van der Waals surface area contributed by atoms with Crippen LogP contribution in [0.2, 0.25) is 0 Å². The maximum Gasteiger partial charge on any atom is 0.123 e. The lowest BCUT2D eigenvalue weighted by molar-refractivity contribution is 0.564. The first-order chi connectivity index (χ1) is 8.69. The van der Waals surface area contributed by atoms with Gasteiger partial charge >= 0.3 is 0 Å². The zero-order valence-corrected chi connectivity index (χ0v) is 11.4. The Morgan fingerprint density at radius 3 is 2.94 bits per heavy atom. The standard InChI is InChI=1S/C14H17FN2S/c1-3-13-8-17-14(18-13)9-16-10(2)11-5-4-6-12(15)7-11/h4-8,10,16H,3,9H2,1-2H3. The summed E-state index contributed by atoms with van der Waals surface area (Å²) in [5.74, 6) is -0.191. The molecule has 4 heteroatoms. The molecule has 1 atom stereocenters. The summed E-state index contributed by atoms with van der Waals surface area (Å²) in [5, 5.41) is 4.44. The third-order valence-electron chi connectivity index (χ3n) is 2.86. The third kappa shape index (κ3) is 3.37. The van der Waals surface area contributed by atoms with Crippen LogP contribution in [0.25, 0.3) is 0 Å². The van der Waals surface area contributed by atoms with E-state index in [1.165, 1.54) is 10.9 Å². The van der Waals surface area contributed by atoms with E-state index >= 15 is 0 Å². The number of halogens is 1. The molecule has 0 spiro atoms. The van der Waals surface area contributed by atoms with E-state index in [1.807, 2.05) is 19.2 Å². The number of rotatable bonds is 5. The topological polar surface area (TPSA) is 24.9 Å². The molecule has 96 valence electrons. The van der Waals surface area contributed by atoms with Crippen molar-refractivity contribution in [2.24, 2.45) is 0 Å². The summed E-state index contributed by atoms with van der Waals surface area (Å²) in [5.41, 5.74) is 0.960. The number of aromatic nitrogens is 1. The Balaban J connectivity index is 1.93. The van der Waals surface area contributed by atoms with Crippen LogP contribution >= 0.6 is 11.3 Å². The molecule has 2 rings (SSSR count). The Morgan fingerprint density at radius 1 is 1.44 bits per heavy atom. The van der Waals surface area contributed by atoms with Gasteiger partial charge in [-0.15, -0.1) is 11.3 Å². The van der Waals surface area contributed by atoms with Crippen molar-refractivity contribution < 1.29 is 4.39 Å². The van der Waals surface area contributed by atoms with Crippen LogP contribution in [0.4, 0.5) is 4.39 Å². The summed E-state index contributed by atoms with van der Waals surface area (Å²) in [7, 11) is 0. The highest BCUT2D eigenvalue weighted by Crippen LogP contribution is 2.17. The SMILES string of the molecule is CCc1cnc(CNC(C)c2cccc(F)c2)s1. The van der Waals surface area contributed by atoms with E-state index in [4.69, 9.17) is 0 Å². The van der Waals surface area contributed by atoms with Gasteiger partial charge < -0.3 is 5.32 Å². The van der Waals surface area contributed by atoms with E-state index in [-0.39, 0.29) is 11.9 Å². The van der Waals surface area contributed by atoms with Crippen LogP contribution < -0.4 is 5.32 Å². The third-order valence-corrected chi connectivity index (χ3v) is 4.00. The first-order valence-electron chi connectivity index (χ1n) is 6.11. The average Bonchev–Trinajstić information content (AvgIpc) is 2.84. The Morgan fingerprint density at radius 2 is 2.28 bits per heavy atom. The van der Waals surface area contributed by atoms with Crippen molar-refractivity contribution in [1.29, 1.82) is 0 Å². The fourth-order valence-electron chi connectivity index (χ4n) is 1.73. The van der Waals surface area contributed by atoms with Crippen molar-refractivity contribution in [3.63, 3.8) is 0 Å². The highest BCUT2D eigenvalue weighted by Gasteiger charge is 2.07. The number of thiazole rings is 1. The summed E-state index contributed by atoms with van der Waals surface area (Å²) in [4.78, 5) is 5.65. The van der Waals surface area contributed by atoms with Crippen molar-refractivity contribution in [2.75, 3.05) is 0 Å². The van der Waals surface area contributed by atoms with E-state index in [9.17, 15) is 4.39 Å². The van der Waals surface area contributed by atoms with E-state index in [1.54, 1.807) is 23.5 Å². The van der Waals surface area contributed by atoms with Gasteiger partial charge in [-0.2, -0.15) is 0 Å². The molecule has 1 unspecified atom stereocenters. The molecule has 2 aromatic rings. The van der Waals surface area contributed by atoms with Crippen LogP contribution in [0.5, 0.6) is 0 Å². The van der Waals surface area contributed by atoms with Crippen LogP contribution in [0.1, 0.15) is 35.3 Å². The number of aryl methyl sites for hydroxylation is 1. The second-order valence-electron chi connectivity index (χ2n) is 4.23. The largest absolute Gasteiger partial charge is 0.304 e. The molecule has 0 saturated heterocycles. The van der Waals surface area contributed by atoms with E-state index in [2.05, 4.69) is 17.2 Å². The zero-order valence-electron chi connectivity index (χ0n) is 10.6. The summed E-state index contributed by atoms with van der Waals surface area (Å²) in [6.45, 7) is 4.88. The van der Waals surface area contributed by atoms with Gasteiger partial charge in [-0.05, 0) is 31.0 Å². The highest BCUT2D eigenvalue weighted by atomic mass is 32.1. The fraction of sp³-hybridized carbons (Fsp3) is 0.357. The first-order valence-corrected chi connectivity index (χ1v) is 6.93. The van der Waals surface area contributed by atoms with Crippen LogP contribution in [0.3, 0.4) is 0 Å². The lowest BCUT2D eigenvalue weighted by Gasteiger charge is -2.13. The maximum atomic E-state index is 13.1. The van der Waals surface area contributed by atoms with Gasteiger partial charge in [0.15, 0.2) is 0 Å². The molecule has 1 aromatic heterocycles. The molecule has 0 fully saturated rings. The number of nitrogens with one attached hydrogen (secondary N) is 1. The van der Waals surface area contributed by atoms with E-state index in [0.717, 1.165) is 23.5 Å². The lowest BCUT2D eigenvalue weighted by Crippen LogP contribution is -2.18. The van der Waals surface area contributed by atoms with Gasteiger partial charge in [0.1, 0.15) is 10.8 Å². The summed E-state index contributed by atoms with van der Waals surface area (Å²) < 4.78 is 13.1. The molecule has 0 saturated carbocycles. The molecule has 0 aliphatic carbocycles. The zero-order chi connectivity index (χ0) is 13.0. The summed E-state index contributed by atoms with van der Waals surface area (Å²) in [6, 6.07) is 6.82. The van der Waals surface area contributed by atoms with Crippen LogP contribution in [-0.4, -0.2) is 4.98 Å². The molecule has 1 aromatic carbocycles. The number of benzene rings is 1. The van der Waals surface area contributed by atoms with Crippen molar-refractivity contribution in [3.05, 3.63) is 51.7 Å². The molecule has 0 bridgehead atoms. The van der Waals surface area contributed by atoms with Gasteiger partial charge in [0.25, 0.3) is 0 Å². The smallest absolute Gasteiger partial charge is 0.123 e. The van der Waals surface area contributed by atoms with Gasteiger partial charge in [0.05, 0.1) is 0 Å². The predicted molar refractivity (Wildman–Crippen MR) is 73.1 cm³/mol. The number of nitrogens with zero attached hydrogens (tertiary/aromatic N) is 1. The number of hydrogen-bond donors (Lipinski definition) is 1. The molecule has 1 N–H and O–H groups in total. The van der Waals surface area contributed by atoms with Crippen LogP contribution in [0.15, 0.2) is 30.5 Å².